The molecule has 1 aromatic carbocycles. The van der Waals surface area contributed by atoms with Crippen LogP contribution in [0.3, 0.4) is 0 Å². The number of aryl methyl sites for hydroxylation is 1. The third-order valence-electron chi connectivity index (χ3n) is 2.79. The molecule has 0 aliphatic heterocycles. The first-order chi connectivity index (χ1) is 9.40. The van der Waals surface area contributed by atoms with Crippen molar-refractivity contribution in [2.24, 2.45) is 0 Å². The summed E-state index contributed by atoms with van der Waals surface area (Å²) in [6.45, 7) is 1.61. The molecule has 0 amide bonds. The molecular formula is C13H14ClNO4S. The highest BCUT2D eigenvalue weighted by atomic mass is 35.5. The van der Waals surface area contributed by atoms with Gasteiger partial charge in [0.05, 0.1) is 11.2 Å². The van der Waals surface area contributed by atoms with Crippen molar-refractivity contribution in [3.8, 4) is 0 Å². The van der Waals surface area contributed by atoms with E-state index in [4.69, 9.17) is 16.0 Å². The van der Waals surface area contributed by atoms with Crippen molar-refractivity contribution in [3.63, 3.8) is 0 Å². The molecule has 108 valence electrons. The molecule has 0 aliphatic rings. The summed E-state index contributed by atoms with van der Waals surface area (Å²) in [5.41, 5.74) is 0.793. The molecule has 1 heterocycles. The van der Waals surface area contributed by atoms with E-state index in [0.717, 1.165) is 5.56 Å². The van der Waals surface area contributed by atoms with Crippen molar-refractivity contribution in [2.75, 3.05) is 6.54 Å². The average molecular weight is 316 g/mol. The molecule has 0 spiro atoms. The van der Waals surface area contributed by atoms with Crippen LogP contribution in [0, 0.1) is 6.92 Å². The normalized spacial score (nSPS) is 13.3. The first kappa shape index (κ1) is 15.1. The van der Waals surface area contributed by atoms with Gasteiger partial charge in [-0.1, -0.05) is 17.7 Å². The number of rotatable bonds is 5. The average Bonchev–Trinajstić information content (AvgIpc) is 2.93. The third-order valence-corrected chi connectivity index (χ3v) is 4.62. The Morgan fingerprint density at radius 2 is 2.15 bits per heavy atom. The van der Waals surface area contributed by atoms with Crippen LogP contribution in [0.2, 0.25) is 5.02 Å². The topological polar surface area (TPSA) is 79.5 Å². The summed E-state index contributed by atoms with van der Waals surface area (Å²) < 4.78 is 31.4. The van der Waals surface area contributed by atoms with E-state index >= 15 is 0 Å². The molecule has 1 aromatic heterocycles. The standard InChI is InChI=1S/C13H14ClNO4S/c1-9-4-5-10(7-11(9)14)20(17,18)15-8-12(16)13-3-2-6-19-13/h2-7,12,15-16H,8H2,1H3. The molecule has 1 unspecified atom stereocenters. The highest BCUT2D eigenvalue weighted by Gasteiger charge is 2.18. The lowest BCUT2D eigenvalue weighted by Gasteiger charge is -2.11. The minimum Gasteiger partial charge on any atom is -0.467 e. The first-order valence-corrected chi connectivity index (χ1v) is 7.73. The van der Waals surface area contributed by atoms with E-state index in [1.165, 1.54) is 18.4 Å². The van der Waals surface area contributed by atoms with Crippen LogP contribution in [-0.4, -0.2) is 20.1 Å². The highest BCUT2D eigenvalue weighted by Crippen LogP contribution is 2.20. The van der Waals surface area contributed by atoms with E-state index < -0.39 is 16.1 Å². The van der Waals surface area contributed by atoms with Gasteiger partial charge >= 0.3 is 0 Å². The maximum Gasteiger partial charge on any atom is 0.240 e. The van der Waals surface area contributed by atoms with Crippen molar-refractivity contribution >= 4 is 21.6 Å². The molecular weight excluding hydrogens is 302 g/mol. The molecule has 7 heteroatoms. The van der Waals surface area contributed by atoms with Gasteiger partial charge < -0.3 is 9.52 Å². The van der Waals surface area contributed by atoms with E-state index in [1.54, 1.807) is 25.1 Å². The van der Waals surface area contributed by atoms with Gasteiger partial charge in [0, 0.05) is 11.6 Å². The second-order valence-electron chi connectivity index (χ2n) is 4.29. The molecule has 20 heavy (non-hydrogen) atoms. The molecule has 0 bridgehead atoms. The quantitative estimate of drug-likeness (QED) is 0.887. The van der Waals surface area contributed by atoms with Crippen molar-refractivity contribution in [1.82, 2.24) is 4.72 Å². The number of sulfonamides is 1. The van der Waals surface area contributed by atoms with Crippen LogP contribution >= 0.6 is 11.6 Å². The summed E-state index contributed by atoms with van der Waals surface area (Å²) in [5.74, 6) is 0.301. The maximum absolute atomic E-state index is 12.1. The number of hydrogen-bond donors (Lipinski definition) is 2. The number of aliphatic hydroxyl groups is 1. The van der Waals surface area contributed by atoms with Crippen LogP contribution in [-0.2, 0) is 10.0 Å². The van der Waals surface area contributed by atoms with Crippen LogP contribution in [0.1, 0.15) is 17.4 Å². The van der Waals surface area contributed by atoms with Crippen LogP contribution in [0.4, 0.5) is 0 Å². The Labute approximate surface area is 122 Å². The number of aliphatic hydroxyl groups excluding tert-OH is 1. The number of hydrogen-bond acceptors (Lipinski definition) is 4. The summed E-state index contributed by atoms with van der Waals surface area (Å²) in [7, 11) is -3.72. The maximum atomic E-state index is 12.1. The number of furan rings is 1. The van der Waals surface area contributed by atoms with Crippen molar-refractivity contribution in [1.29, 1.82) is 0 Å². The van der Waals surface area contributed by atoms with Gasteiger partial charge in [0.2, 0.25) is 10.0 Å². The van der Waals surface area contributed by atoms with Gasteiger partial charge in [-0.15, -0.1) is 0 Å². The van der Waals surface area contributed by atoms with Gasteiger partial charge in [-0.3, -0.25) is 0 Å². The summed E-state index contributed by atoms with van der Waals surface area (Å²) in [6, 6.07) is 7.65. The second-order valence-corrected chi connectivity index (χ2v) is 6.47. The van der Waals surface area contributed by atoms with E-state index in [9.17, 15) is 13.5 Å². The molecule has 2 N–H and O–H groups in total. The van der Waals surface area contributed by atoms with Gasteiger partial charge in [-0.05, 0) is 36.8 Å². The Balaban J connectivity index is 2.09. The highest BCUT2D eigenvalue weighted by molar-refractivity contribution is 7.89. The van der Waals surface area contributed by atoms with Crippen molar-refractivity contribution in [2.45, 2.75) is 17.9 Å². The Bertz CT molecular complexity index is 682. The molecule has 0 aliphatic carbocycles. The molecule has 2 rings (SSSR count). The van der Waals surface area contributed by atoms with Crippen molar-refractivity contribution < 1.29 is 17.9 Å². The Hall–Kier alpha value is -1.34. The van der Waals surface area contributed by atoms with Gasteiger partial charge in [0.1, 0.15) is 11.9 Å². The molecule has 5 nitrogen and oxygen atoms in total. The lowest BCUT2D eigenvalue weighted by molar-refractivity contribution is 0.154. The molecule has 0 saturated heterocycles. The summed E-state index contributed by atoms with van der Waals surface area (Å²) in [5, 5.41) is 10.1. The smallest absolute Gasteiger partial charge is 0.240 e. The predicted octanol–water partition coefficient (Wildman–Crippen LogP) is 2.25. The van der Waals surface area contributed by atoms with Gasteiger partial charge in [-0.2, -0.15) is 0 Å². The fourth-order valence-corrected chi connectivity index (χ4v) is 2.90. The fraction of sp³-hybridized carbons (Fsp3) is 0.231. The van der Waals surface area contributed by atoms with Crippen LogP contribution in [0.15, 0.2) is 45.9 Å². The summed E-state index contributed by atoms with van der Waals surface area (Å²) >= 11 is 5.91. The largest absolute Gasteiger partial charge is 0.467 e. The first-order valence-electron chi connectivity index (χ1n) is 5.87. The zero-order valence-electron chi connectivity index (χ0n) is 10.7. The van der Waals surface area contributed by atoms with E-state index in [1.807, 2.05) is 0 Å². The number of halogens is 1. The Morgan fingerprint density at radius 1 is 1.40 bits per heavy atom. The SMILES string of the molecule is Cc1ccc(S(=O)(=O)NCC(O)c2ccco2)cc1Cl. The van der Waals surface area contributed by atoms with Gasteiger partial charge in [-0.25, -0.2) is 13.1 Å². The van der Waals surface area contributed by atoms with Crippen molar-refractivity contribution in [3.05, 3.63) is 52.9 Å². The van der Waals surface area contributed by atoms with E-state index in [2.05, 4.69) is 4.72 Å². The molecule has 0 fully saturated rings. The van der Waals surface area contributed by atoms with Crippen LogP contribution in [0.5, 0.6) is 0 Å². The van der Waals surface area contributed by atoms with E-state index in [-0.39, 0.29) is 11.4 Å². The monoisotopic (exact) mass is 315 g/mol. The lowest BCUT2D eigenvalue weighted by atomic mass is 10.2. The lowest BCUT2D eigenvalue weighted by Crippen LogP contribution is -2.28. The minimum atomic E-state index is -3.72. The number of nitrogens with one attached hydrogen (secondary N) is 1. The fourth-order valence-electron chi connectivity index (χ4n) is 1.59. The van der Waals surface area contributed by atoms with Crippen LogP contribution < -0.4 is 4.72 Å². The molecule has 1 atom stereocenters. The van der Waals surface area contributed by atoms with Crippen LogP contribution in [0.25, 0.3) is 0 Å². The molecule has 0 radical (unpaired) electrons. The number of benzene rings is 1. The van der Waals surface area contributed by atoms with Gasteiger partial charge in [0.15, 0.2) is 0 Å². The van der Waals surface area contributed by atoms with E-state index in [0.29, 0.717) is 10.8 Å². The Morgan fingerprint density at radius 3 is 2.75 bits per heavy atom. The Kier molecular flexibility index (Phi) is 4.49. The summed E-state index contributed by atoms with van der Waals surface area (Å²) in [6.07, 6.45) is 0.369. The summed E-state index contributed by atoms with van der Waals surface area (Å²) in [4.78, 5) is 0.0553. The van der Waals surface area contributed by atoms with Gasteiger partial charge in [0.25, 0.3) is 0 Å². The third kappa shape index (κ3) is 3.40. The predicted molar refractivity (Wildman–Crippen MR) is 75.0 cm³/mol. The zero-order valence-corrected chi connectivity index (χ0v) is 12.3. The zero-order chi connectivity index (χ0) is 14.8. The second kappa shape index (κ2) is 5.97. The minimum absolute atomic E-state index is 0.0553. The molecule has 0 saturated carbocycles. The molecule has 2 aromatic rings.